The van der Waals surface area contributed by atoms with Crippen molar-refractivity contribution in [2.45, 2.75) is 31.0 Å². The minimum absolute atomic E-state index is 0.273. The summed E-state index contributed by atoms with van der Waals surface area (Å²) in [6.07, 6.45) is 3.00. The van der Waals surface area contributed by atoms with Crippen molar-refractivity contribution in [3.8, 4) is 0 Å². The number of halogens is 1. The van der Waals surface area contributed by atoms with Crippen LogP contribution in [0.1, 0.15) is 19.3 Å². The minimum Gasteiger partial charge on any atom is -0.396 e. The van der Waals surface area contributed by atoms with Gasteiger partial charge < -0.3 is 14.4 Å². The summed E-state index contributed by atoms with van der Waals surface area (Å²) in [4.78, 5) is 4.68. The van der Waals surface area contributed by atoms with Gasteiger partial charge in [0.25, 0.3) is 0 Å². The van der Waals surface area contributed by atoms with E-state index in [2.05, 4.69) is 9.55 Å². The van der Waals surface area contributed by atoms with Crippen LogP contribution >= 0.6 is 23.4 Å². The first-order valence-corrected chi connectivity index (χ1v) is 8.51. The average molecular weight is 329 g/mol. The van der Waals surface area contributed by atoms with Gasteiger partial charge in [-0.1, -0.05) is 29.8 Å². The highest BCUT2D eigenvalue weighted by Gasteiger charge is 2.11. The summed E-state index contributed by atoms with van der Waals surface area (Å²) in [6, 6.07) is 5.80. The average Bonchev–Trinajstić information content (AvgIpc) is 2.81. The SMILES string of the molecule is COCCn1c(SCCCCCO)nc2cc(Cl)ccc21. The number of unbranched alkanes of at least 4 members (excludes halogenated alkanes) is 2. The quantitative estimate of drug-likeness (QED) is 0.564. The number of aromatic nitrogens is 2. The molecule has 0 aliphatic rings. The van der Waals surface area contributed by atoms with Gasteiger partial charge in [0.15, 0.2) is 5.16 Å². The van der Waals surface area contributed by atoms with Gasteiger partial charge in [0, 0.05) is 31.0 Å². The lowest BCUT2D eigenvalue weighted by Gasteiger charge is -2.08. The lowest BCUT2D eigenvalue weighted by molar-refractivity contribution is 0.186. The maximum atomic E-state index is 8.80. The van der Waals surface area contributed by atoms with Gasteiger partial charge >= 0.3 is 0 Å². The second kappa shape index (κ2) is 8.63. The van der Waals surface area contributed by atoms with Crippen LogP contribution in [0.5, 0.6) is 0 Å². The molecule has 4 nitrogen and oxygen atoms in total. The molecule has 1 aromatic heterocycles. The van der Waals surface area contributed by atoms with Gasteiger partial charge in [-0.2, -0.15) is 0 Å². The highest BCUT2D eigenvalue weighted by molar-refractivity contribution is 7.99. The van der Waals surface area contributed by atoms with Crippen LogP contribution in [0.2, 0.25) is 5.02 Å². The van der Waals surface area contributed by atoms with E-state index >= 15 is 0 Å². The summed E-state index contributed by atoms with van der Waals surface area (Å²) in [5.74, 6) is 1.00. The number of benzene rings is 1. The van der Waals surface area contributed by atoms with Crippen LogP contribution in [0.25, 0.3) is 11.0 Å². The van der Waals surface area contributed by atoms with Crippen LogP contribution in [-0.4, -0.2) is 40.7 Å². The Morgan fingerprint density at radius 1 is 1.33 bits per heavy atom. The molecule has 0 radical (unpaired) electrons. The van der Waals surface area contributed by atoms with E-state index in [1.807, 2.05) is 18.2 Å². The van der Waals surface area contributed by atoms with E-state index in [1.165, 1.54) is 0 Å². The number of aliphatic hydroxyl groups excluding tert-OH is 1. The van der Waals surface area contributed by atoms with E-state index in [-0.39, 0.29) is 6.61 Å². The van der Waals surface area contributed by atoms with Crippen molar-refractivity contribution in [3.05, 3.63) is 23.2 Å². The number of fused-ring (bicyclic) bond motifs is 1. The predicted octanol–water partition coefficient (Wildman–Crippen LogP) is 3.59. The Morgan fingerprint density at radius 2 is 2.19 bits per heavy atom. The highest BCUT2D eigenvalue weighted by Crippen LogP contribution is 2.26. The maximum Gasteiger partial charge on any atom is 0.169 e. The molecule has 0 bridgehead atoms. The van der Waals surface area contributed by atoms with Crippen molar-refractivity contribution in [1.29, 1.82) is 0 Å². The summed E-state index contributed by atoms with van der Waals surface area (Å²) in [5, 5.41) is 10.5. The number of aliphatic hydroxyl groups is 1. The van der Waals surface area contributed by atoms with Crippen molar-refractivity contribution >= 4 is 34.4 Å². The largest absolute Gasteiger partial charge is 0.396 e. The summed E-state index contributed by atoms with van der Waals surface area (Å²) >= 11 is 7.79. The molecule has 0 fully saturated rings. The first kappa shape index (κ1) is 16.6. The van der Waals surface area contributed by atoms with Crippen LogP contribution in [0.4, 0.5) is 0 Å². The van der Waals surface area contributed by atoms with E-state index < -0.39 is 0 Å². The molecule has 6 heteroatoms. The van der Waals surface area contributed by atoms with Crippen LogP contribution in [0.3, 0.4) is 0 Å². The van der Waals surface area contributed by atoms with E-state index in [0.717, 1.165) is 47.7 Å². The van der Waals surface area contributed by atoms with Crippen molar-refractivity contribution in [2.75, 3.05) is 26.1 Å². The molecule has 116 valence electrons. The second-order valence-electron chi connectivity index (χ2n) is 4.80. The van der Waals surface area contributed by atoms with Crippen molar-refractivity contribution in [2.24, 2.45) is 0 Å². The zero-order valence-electron chi connectivity index (χ0n) is 12.2. The molecular formula is C15H21ClN2O2S. The molecule has 0 amide bonds. The molecule has 0 saturated heterocycles. The van der Waals surface area contributed by atoms with E-state index in [0.29, 0.717) is 11.6 Å². The molecule has 0 aliphatic carbocycles. The molecule has 1 N–H and O–H groups in total. The third-order valence-corrected chi connectivity index (χ3v) is 4.53. The molecule has 0 atom stereocenters. The molecule has 1 aromatic carbocycles. The molecule has 0 unspecified atom stereocenters. The number of nitrogens with zero attached hydrogens (tertiary/aromatic N) is 2. The number of ether oxygens (including phenoxy) is 1. The third kappa shape index (κ3) is 4.61. The summed E-state index contributed by atoms with van der Waals surface area (Å²) in [7, 11) is 1.71. The Labute approximate surface area is 134 Å². The topological polar surface area (TPSA) is 47.3 Å². The minimum atomic E-state index is 0.273. The first-order valence-electron chi connectivity index (χ1n) is 7.14. The van der Waals surface area contributed by atoms with Gasteiger partial charge in [-0.15, -0.1) is 0 Å². The number of hydrogen-bond donors (Lipinski definition) is 1. The summed E-state index contributed by atoms with van der Waals surface area (Å²) in [6.45, 7) is 1.72. The number of hydrogen-bond acceptors (Lipinski definition) is 4. The number of rotatable bonds is 9. The lowest BCUT2D eigenvalue weighted by Crippen LogP contribution is -2.05. The molecule has 1 heterocycles. The summed E-state index contributed by atoms with van der Waals surface area (Å²) < 4.78 is 7.38. The van der Waals surface area contributed by atoms with Gasteiger partial charge in [0.2, 0.25) is 0 Å². The number of methoxy groups -OCH3 is 1. The summed E-state index contributed by atoms with van der Waals surface area (Å²) in [5.41, 5.74) is 2.02. The molecule has 21 heavy (non-hydrogen) atoms. The fourth-order valence-electron chi connectivity index (χ4n) is 2.14. The Kier molecular flexibility index (Phi) is 6.83. The molecule has 2 aromatic rings. The Morgan fingerprint density at radius 3 is 2.95 bits per heavy atom. The first-order chi connectivity index (χ1) is 10.3. The van der Waals surface area contributed by atoms with Gasteiger partial charge in [-0.25, -0.2) is 4.98 Å². The van der Waals surface area contributed by atoms with Crippen LogP contribution in [0.15, 0.2) is 23.4 Å². The molecule has 0 saturated carbocycles. The van der Waals surface area contributed by atoms with E-state index in [1.54, 1.807) is 18.9 Å². The standard InChI is InChI=1S/C15H21ClN2O2S/c1-20-9-7-18-14-6-5-12(16)11-13(14)17-15(18)21-10-4-2-3-8-19/h5-6,11,19H,2-4,7-10H2,1H3. The van der Waals surface area contributed by atoms with Crippen LogP contribution < -0.4 is 0 Å². The Hall–Kier alpha value is -0.750. The van der Waals surface area contributed by atoms with Crippen molar-refractivity contribution < 1.29 is 9.84 Å². The highest BCUT2D eigenvalue weighted by atomic mass is 35.5. The number of thioether (sulfide) groups is 1. The van der Waals surface area contributed by atoms with Crippen LogP contribution in [-0.2, 0) is 11.3 Å². The normalized spacial score (nSPS) is 11.4. The van der Waals surface area contributed by atoms with E-state index in [9.17, 15) is 0 Å². The zero-order valence-corrected chi connectivity index (χ0v) is 13.8. The van der Waals surface area contributed by atoms with Crippen molar-refractivity contribution in [3.63, 3.8) is 0 Å². The smallest absolute Gasteiger partial charge is 0.169 e. The van der Waals surface area contributed by atoms with Crippen LogP contribution in [0, 0.1) is 0 Å². The van der Waals surface area contributed by atoms with Gasteiger partial charge in [-0.3, -0.25) is 0 Å². The van der Waals surface area contributed by atoms with Gasteiger partial charge in [0.05, 0.1) is 17.6 Å². The van der Waals surface area contributed by atoms with Gasteiger partial charge in [-0.05, 0) is 31.0 Å². The predicted molar refractivity (Wildman–Crippen MR) is 88.3 cm³/mol. The fraction of sp³-hybridized carbons (Fsp3) is 0.533. The number of imidazole rings is 1. The molecule has 0 spiro atoms. The maximum absolute atomic E-state index is 8.80. The van der Waals surface area contributed by atoms with Crippen molar-refractivity contribution in [1.82, 2.24) is 9.55 Å². The monoisotopic (exact) mass is 328 g/mol. The third-order valence-electron chi connectivity index (χ3n) is 3.23. The zero-order chi connectivity index (χ0) is 15.1. The molecule has 0 aliphatic heterocycles. The Balaban J connectivity index is 2.12. The van der Waals surface area contributed by atoms with E-state index in [4.69, 9.17) is 21.4 Å². The lowest BCUT2D eigenvalue weighted by atomic mass is 10.3. The molecule has 2 rings (SSSR count). The fourth-order valence-corrected chi connectivity index (χ4v) is 3.35. The second-order valence-corrected chi connectivity index (χ2v) is 6.30. The Bertz CT molecular complexity index is 574. The molecular weight excluding hydrogens is 308 g/mol. The van der Waals surface area contributed by atoms with Gasteiger partial charge in [0.1, 0.15) is 0 Å².